The Hall–Kier alpha value is -2.74. The number of likely N-dealkylation sites (N-methyl/N-ethyl adjacent to an activating group) is 1. The third-order valence-corrected chi connectivity index (χ3v) is 5.57. The van der Waals surface area contributed by atoms with E-state index in [2.05, 4.69) is 4.90 Å². The van der Waals surface area contributed by atoms with Crippen molar-refractivity contribution in [2.75, 3.05) is 63.7 Å². The van der Waals surface area contributed by atoms with Gasteiger partial charge < -0.3 is 14.7 Å². The molecule has 1 heterocycles. The van der Waals surface area contributed by atoms with E-state index in [-0.39, 0.29) is 5.91 Å². The summed E-state index contributed by atoms with van der Waals surface area (Å²) in [6.45, 7) is 3.29. The first-order chi connectivity index (χ1) is 14.6. The second-order valence-corrected chi connectivity index (χ2v) is 8.12. The lowest BCUT2D eigenvalue weighted by atomic mass is 10.1. The van der Waals surface area contributed by atoms with Gasteiger partial charge in [-0.05, 0) is 35.9 Å². The average molecular weight is 435 g/mol. The van der Waals surface area contributed by atoms with Crippen molar-refractivity contribution >= 4 is 17.3 Å². The number of hydrogen-bond acceptors (Lipinski definition) is 4. The number of benzene rings is 2. The number of alkyl halides is 3. The molecule has 0 atom stereocenters. The van der Waals surface area contributed by atoms with Crippen LogP contribution < -0.4 is 9.80 Å². The van der Waals surface area contributed by atoms with E-state index in [1.807, 2.05) is 48.2 Å². The molecule has 1 amide bonds. The molecule has 0 N–H and O–H groups in total. The zero-order valence-corrected chi connectivity index (χ0v) is 18.2. The van der Waals surface area contributed by atoms with Gasteiger partial charge in [-0.25, -0.2) is 0 Å². The highest BCUT2D eigenvalue weighted by Gasteiger charge is 2.31. The van der Waals surface area contributed by atoms with Crippen LogP contribution in [0.3, 0.4) is 0 Å². The molecule has 31 heavy (non-hydrogen) atoms. The second-order valence-electron chi connectivity index (χ2n) is 8.12. The number of carbonyl (C=O) groups is 1. The van der Waals surface area contributed by atoms with Crippen LogP contribution in [0.1, 0.15) is 11.1 Å². The summed E-state index contributed by atoms with van der Waals surface area (Å²) < 4.78 is 38.9. The maximum atomic E-state index is 13.0. The topological polar surface area (TPSA) is 30.0 Å². The van der Waals surface area contributed by atoms with Crippen LogP contribution in [-0.2, 0) is 17.5 Å². The Labute approximate surface area is 181 Å². The first-order valence-electron chi connectivity index (χ1n) is 10.3. The van der Waals surface area contributed by atoms with E-state index in [9.17, 15) is 18.0 Å². The molecule has 5 nitrogen and oxygen atoms in total. The van der Waals surface area contributed by atoms with Crippen molar-refractivity contribution in [2.45, 2.75) is 12.7 Å². The summed E-state index contributed by atoms with van der Waals surface area (Å²) in [7, 11) is 5.76. The van der Waals surface area contributed by atoms with Crippen molar-refractivity contribution in [3.8, 4) is 0 Å². The molecule has 0 aromatic heterocycles. The normalized spacial score (nSPS) is 15.1. The van der Waals surface area contributed by atoms with Crippen molar-refractivity contribution in [3.63, 3.8) is 0 Å². The largest absolute Gasteiger partial charge is 0.416 e. The SMILES string of the molecule is CN(Cc1ccc(N(C)C)cc1)C(=O)CN1CCN(c2cccc(C(F)(F)F)c2)CC1. The number of halogens is 3. The van der Waals surface area contributed by atoms with E-state index in [0.717, 1.165) is 17.3 Å². The van der Waals surface area contributed by atoms with Crippen LogP contribution in [0.4, 0.5) is 24.5 Å². The quantitative estimate of drug-likeness (QED) is 0.696. The van der Waals surface area contributed by atoms with Gasteiger partial charge in [0.05, 0.1) is 12.1 Å². The molecule has 8 heteroatoms. The lowest BCUT2D eigenvalue weighted by molar-refractivity contribution is -0.137. The summed E-state index contributed by atoms with van der Waals surface area (Å²) in [6.07, 6.45) is -4.35. The van der Waals surface area contributed by atoms with Gasteiger partial charge in [-0.3, -0.25) is 9.69 Å². The van der Waals surface area contributed by atoms with Crippen LogP contribution in [0.2, 0.25) is 0 Å². The van der Waals surface area contributed by atoms with Gasteiger partial charge in [0.15, 0.2) is 0 Å². The first-order valence-corrected chi connectivity index (χ1v) is 10.3. The molecule has 2 aromatic carbocycles. The molecule has 0 spiro atoms. The molecule has 3 rings (SSSR count). The van der Waals surface area contributed by atoms with Crippen molar-refractivity contribution in [1.29, 1.82) is 0 Å². The lowest BCUT2D eigenvalue weighted by Gasteiger charge is -2.36. The van der Waals surface area contributed by atoms with Gasteiger partial charge in [0.25, 0.3) is 0 Å². The summed E-state index contributed by atoms with van der Waals surface area (Å²) in [6, 6.07) is 13.5. The first kappa shape index (κ1) is 22.9. The van der Waals surface area contributed by atoms with Crippen molar-refractivity contribution in [1.82, 2.24) is 9.80 Å². The van der Waals surface area contributed by atoms with Crippen LogP contribution in [0, 0.1) is 0 Å². The Bertz CT molecular complexity index is 875. The highest BCUT2D eigenvalue weighted by atomic mass is 19.4. The zero-order chi connectivity index (χ0) is 22.6. The van der Waals surface area contributed by atoms with E-state index >= 15 is 0 Å². The molecule has 1 aliphatic rings. The molecule has 0 saturated carbocycles. The standard InChI is InChI=1S/C23H29F3N4O/c1-27(2)20-9-7-18(8-10-20)16-28(3)22(31)17-29-11-13-30(14-12-29)21-6-4-5-19(15-21)23(24,25)26/h4-10,15H,11-14,16-17H2,1-3H3. The van der Waals surface area contributed by atoms with Crippen molar-refractivity contribution in [2.24, 2.45) is 0 Å². The Morgan fingerprint density at radius 1 is 0.968 bits per heavy atom. The van der Waals surface area contributed by atoms with E-state index in [1.54, 1.807) is 18.0 Å². The fraction of sp³-hybridized carbons (Fsp3) is 0.435. The lowest BCUT2D eigenvalue weighted by Crippen LogP contribution is -2.49. The van der Waals surface area contributed by atoms with Crippen LogP contribution in [0.5, 0.6) is 0 Å². The minimum Gasteiger partial charge on any atom is -0.378 e. The minimum absolute atomic E-state index is 0.0317. The second kappa shape index (κ2) is 9.60. The molecule has 0 bridgehead atoms. The van der Waals surface area contributed by atoms with Crippen molar-refractivity contribution in [3.05, 3.63) is 59.7 Å². The van der Waals surface area contributed by atoms with Gasteiger partial charge in [-0.2, -0.15) is 13.2 Å². The summed E-state index contributed by atoms with van der Waals surface area (Å²) in [4.78, 5) is 20.4. The van der Waals surface area contributed by atoms with E-state index < -0.39 is 11.7 Å². The van der Waals surface area contributed by atoms with Crippen molar-refractivity contribution < 1.29 is 18.0 Å². The highest BCUT2D eigenvalue weighted by Crippen LogP contribution is 2.31. The number of nitrogens with zero attached hydrogens (tertiary/aromatic N) is 4. The molecular formula is C23H29F3N4O. The molecule has 1 fully saturated rings. The van der Waals surface area contributed by atoms with Gasteiger partial charge in [0, 0.05) is 65.2 Å². The molecular weight excluding hydrogens is 405 g/mol. The van der Waals surface area contributed by atoms with E-state index in [0.29, 0.717) is 45.0 Å². The van der Waals surface area contributed by atoms with Crippen LogP contribution >= 0.6 is 0 Å². The molecule has 1 aliphatic heterocycles. The third kappa shape index (κ3) is 6.13. The fourth-order valence-corrected chi connectivity index (χ4v) is 3.62. The number of piperazine rings is 1. The maximum Gasteiger partial charge on any atom is 0.416 e. The summed E-state index contributed by atoms with van der Waals surface area (Å²) in [5.41, 5.74) is 2.11. The van der Waals surface area contributed by atoms with E-state index in [1.165, 1.54) is 12.1 Å². The third-order valence-electron chi connectivity index (χ3n) is 5.57. The number of hydrogen-bond donors (Lipinski definition) is 0. The average Bonchev–Trinajstić information content (AvgIpc) is 2.74. The Morgan fingerprint density at radius 2 is 1.61 bits per heavy atom. The Morgan fingerprint density at radius 3 is 2.19 bits per heavy atom. The number of carbonyl (C=O) groups excluding carboxylic acids is 1. The highest BCUT2D eigenvalue weighted by molar-refractivity contribution is 5.78. The minimum atomic E-state index is -4.35. The van der Waals surface area contributed by atoms with Gasteiger partial charge in [0.2, 0.25) is 5.91 Å². The molecule has 0 aliphatic carbocycles. The Balaban J connectivity index is 1.49. The molecule has 0 radical (unpaired) electrons. The zero-order valence-electron chi connectivity index (χ0n) is 18.2. The number of anilines is 2. The molecule has 168 valence electrons. The fourth-order valence-electron chi connectivity index (χ4n) is 3.62. The summed E-state index contributed by atoms with van der Waals surface area (Å²) in [5.74, 6) is 0.0317. The van der Waals surface area contributed by atoms with Gasteiger partial charge in [-0.15, -0.1) is 0 Å². The smallest absolute Gasteiger partial charge is 0.378 e. The van der Waals surface area contributed by atoms with Crippen LogP contribution in [-0.4, -0.2) is 69.6 Å². The maximum absolute atomic E-state index is 13.0. The predicted molar refractivity (Wildman–Crippen MR) is 117 cm³/mol. The monoisotopic (exact) mass is 434 g/mol. The van der Waals surface area contributed by atoms with Crippen LogP contribution in [0.15, 0.2) is 48.5 Å². The summed E-state index contributed by atoms with van der Waals surface area (Å²) in [5, 5.41) is 0. The van der Waals surface area contributed by atoms with Crippen LogP contribution in [0.25, 0.3) is 0 Å². The van der Waals surface area contributed by atoms with Gasteiger partial charge in [-0.1, -0.05) is 18.2 Å². The molecule has 1 saturated heterocycles. The van der Waals surface area contributed by atoms with Gasteiger partial charge >= 0.3 is 6.18 Å². The number of amides is 1. The van der Waals surface area contributed by atoms with E-state index in [4.69, 9.17) is 0 Å². The molecule has 2 aromatic rings. The predicted octanol–water partition coefficient (Wildman–Crippen LogP) is 3.55. The summed E-state index contributed by atoms with van der Waals surface area (Å²) >= 11 is 0. The number of rotatable bonds is 6. The Kier molecular flexibility index (Phi) is 7.10. The van der Waals surface area contributed by atoms with Gasteiger partial charge in [0.1, 0.15) is 0 Å². The molecule has 0 unspecified atom stereocenters.